The van der Waals surface area contributed by atoms with Crippen LogP contribution in [-0.4, -0.2) is 24.0 Å². The smallest absolute Gasteiger partial charge is 0.316 e. The van der Waals surface area contributed by atoms with Crippen molar-refractivity contribution in [3.05, 3.63) is 54.6 Å². The number of carbonyl (C=O) groups excluding carboxylic acids is 2. The molecule has 2 aromatic rings. The minimum absolute atomic E-state index is 0.0870. The molecule has 0 aromatic heterocycles. The van der Waals surface area contributed by atoms with Gasteiger partial charge in [0.25, 0.3) is 0 Å². The summed E-state index contributed by atoms with van der Waals surface area (Å²) in [5, 5.41) is 11.9. The Balaban J connectivity index is 2.10. The van der Waals surface area contributed by atoms with Gasteiger partial charge in [-0.3, -0.25) is 9.59 Å². The van der Waals surface area contributed by atoms with E-state index in [4.69, 9.17) is 0 Å². The zero-order valence-electron chi connectivity index (χ0n) is 10.9. The summed E-state index contributed by atoms with van der Waals surface area (Å²) >= 11 is 0. The zero-order chi connectivity index (χ0) is 14.5. The Morgan fingerprint density at radius 1 is 1.00 bits per heavy atom. The molecular weight excluding hydrogens is 256 g/mol. The fourth-order valence-corrected chi connectivity index (χ4v) is 1.68. The van der Waals surface area contributed by atoms with Crippen LogP contribution in [0.15, 0.2) is 54.6 Å². The number of rotatable bonds is 2. The molecule has 0 aliphatic carbocycles. The Kier molecular flexibility index (Phi) is 4.00. The number of hydrogen-bond donors (Lipinski definition) is 2. The molecular formula is C15H14N2O3. The molecule has 5 nitrogen and oxygen atoms in total. The Morgan fingerprint density at radius 2 is 1.60 bits per heavy atom. The molecule has 0 radical (unpaired) electrons. The number of phenols is 1. The molecule has 2 N–H and O–H groups in total. The molecule has 0 unspecified atom stereocenters. The molecule has 0 bridgehead atoms. The SMILES string of the molecule is CN(C(=O)C(=O)Nc1ccccc1O)c1ccccc1. The van der Waals surface area contributed by atoms with E-state index >= 15 is 0 Å². The lowest BCUT2D eigenvalue weighted by molar-refractivity contribution is -0.134. The summed E-state index contributed by atoms with van der Waals surface area (Å²) in [5.41, 5.74) is 0.817. The maximum atomic E-state index is 12.0. The van der Waals surface area contributed by atoms with Gasteiger partial charge >= 0.3 is 11.8 Å². The third-order valence-electron chi connectivity index (χ3n) is 2.79. The largest absolute Gasteiger partial charge is 0.506 e. The molecule has 0 atom stereocenters. The fraction of sp³-hybridized carbons (Fsp3) is 0.0667. The standard InChI is InChI=1S/C15H14N2O3/c1-17(11-7-3-2-4-8-11)15(20)14(19)16-12-9-5-6-10-13(12)18/h2-10,18H,1H3,(H,16,19). The van der Waals surface area contributed by atoms with Crippen LogP contribution in [0.5, 0.6) is 5.75 Å². The second-order valence-corrected chi connectivity index (χ2v) is 4.17. The maximum absolute atomic E-state index is 12.0. The van der Waals surface area contributed by atoms with Gasteiger partial charge in [-0.2, -0.15) is 0 Å². The molecule has 2 amide bonds. The monoisotopic (exact) mass is 270 g/mol. The lowest BCUT2D eigenvalue weighted by Gasteiger charge is -2.16. The number of nitrogens with zero attached hydrogens (tertiary/aromatic N) is 1. The first-order chi connectivity index (χ1) is 9.59. The molecule has 0 saturated heterocycles. The minimum atomic E-state index is -0.808. The van der Waals surface area contributed by atoms with Crippen LogP contribution in [0.4, 0.5) is 11.4 Å². The van der Waals surface area contributed by atoms with Crippen molar-refractivity contribution in [3.8, 4) is 5.75 Å². The quantitative estimate of drug-likeness (QED) is 0.647. The van der Waals surface area contributed by atoms with Crippen molar-refractivity contribution in [3.63, 3.8) is 0 Å². The first-order valence-electron chi connectivity index (χ1n) is 6.01. The van der Waals surface area contributed by atoms with Crippen molar-refractivity contribution in [1.82, 2.24) is 0 Å². The van der Waals surface area contributed by atoms with Crippen molar-refractivity contribution in [2.75, 3.05) is 17.3 Å². The Hall–Kier alpha value is -2.82. The third kappa shape index (κ3) is 2.95. The van der Waals surface area contributed by atoms with Gasteiger partial charge in [-0.15, -0.1) is 0 Å². The predicted octanol–water partition coefficient (Wildman–Crippen LogP) is 1.99. The van der Waals surface area contributed by atoms with E-state index in [1.807, 2.05) is 6.07 Å². The highest BCUT2D eigenvalue weighted by Crippen LogP contribution is 2.21. The van der Waals surface area contributed by atoms with Crippen molar-refractivity contribution in [2.24, 2.45) is 0 Å². The van der Waals surface area contributed by atoms with E-state index in [-0.39, 0.29) is 11.4 Å². The number of anilines is 2. The van der Waals surface area contributed by atoms with Crippen LogP contribution in [0.1, 0.15) is 0 Å². The predicted molar refractivity (Wildman–Crippen MR) is 76.6 cm³/mol. The summed E-state index contributed by atoms with van der Waals surface area (Å²) in [6.45, 7) is 0. The van der Waals surface area contributed by atoms with Gasteiger partial charge in [0.05, 0.1) is 5.69 Å². The van der Waals surface area contributed by atoms with E-state index in [0.717, 1.165) is 0 Å². The molecule has 0 aliphatic heterocycles. The second kappa shape index (κ2) is 5.88. The maximum Gasteiger partial charge on any atom is 0.316 e. The van der Waals surface area contributed by atoms with Crippen molar-refractivity contribution < 1.29 is 14.7 Å². The number of aromatic hydroxyl groups is 1. The molecule has 2 rings (SSSR count). The normalized spacial score (nSPS) is 9.85. The lowest BCUT2D eigenvalue weighted by atomic mass is 10.2. The highest BCUT2D eigenvalue weighted by molar-refractivity contribution is 6.44. The van der Waals surface area contributed by atoms with Crippen LogP contribution in [0.2, 0.25) is 0 Å². The number of phenolic OH excluding ortho intramolecular Hbond substituents is 1. The first-order valence-corrected chi connectivity index (χ1v) is 6.01. The van der Waals surface area contributed by atoms with E-state index in [0.29, 0.717) is 5.69 Å². The Bertz CT molecular complexity index is 626. The molecule has 0 fully saturated rings. The van der Waals surface area contributed by atoms with Crippen LogP contribution in [0, 0.1) is 0 Å². The number of nitrogens with one attached hydrogen (secondary N) is 1. The molecule has 0 saturated carbocycles. The second-order valence-electron chi connectivity index (χ2n) is 4.17. The van der Waals surface area contributed by atoms with Crippen molar-refractivity contribution in [2.45, 2.75) is 0 Å². The highest BCUT2D eigenvalue weighted by Gasteiger charge is 2.20. The Morgan fingerprint density at radius 3 is 2.25 bits per heavy atom. The molecule has 0 spiro atoms. The average molecular weight is 270 g/mol. The molecule has 0 heterocycles. The number of para-hydroxylation sites is 3. The number of amides is 2. The summed E-state index contributed by atoms with van der Waals surface area (Å²) < 4.78 is 0. The van der Waals surface area contributed by atoms with Gasteiger partial charge in [-0.25, -0.2) is 0 Å². The van der Waals surface area contributed by atoms with Gasteiger partial charge in [0.1, 0.15) is 5.75 Å². The number of hydrogen-bond acceptors (Lipinski definition) is 3. The number of likely N-dealkylation sites (N-methyl/N-ethyl adjacent to an activating group) is 1. The van der Waals surface area contributed by atoms with Crippen molar-refractivity contribution in [1.29, 1.82) is 0 Å². The molecule has 5 heteroatoms. The van der Waals surface area contributed by atoms with E-state index in [9.17, 15) is 14.7 Å². The summed E-state index contributed by atoms with van der Waals surface area (Å²) in [4.78, 5) is 25.1. The molecule has 0 aliphatic rings. The topological polar surface area (TPSA) is 69.6 Å². The van der Waals surface area contributed by atoms with E-state index < -0.39 is 11.8 Å². The first kappa shape index (κ1) is 13.6. The fourth-order valence-electron chi connectivity index (χ4n) is 1.68. The van der Waals surface area contributed by atoms with E-state index in [1.165, 1.54) is 24.1 Å². The molecule has 20 heavy (non-hydrogen) atoms. The number of carbonyl (C=O) groups is 2. The number of benzene rings is 2. The van der Waals surface area contributed by atoms with Gasteiger partial charge in [0, 0.05) is 12.7 Å². The van der Waals surface area contributed by atoms with Gasteiger partial charge < -0.3 is 15.3 Å². The van der Waals surface area contributed by atoms with E-state index in [2.05, 4.69) is 5.32 Å². The minimum Gasteiger partial charge on any atom is -0.506 e. The third-order valence-corrected chi connectivity index (χ3v) is 2.79. The highest BCUT2D eigenvalue weighted by atomic mass is 16.3. The van der Waals surface area contributed by atoms with Crippen LogP contribution >= 0.6 is 0 Å². The summed E-state index contributed by atoms with van der Waals surface area (Å²) in [6.07, 6.45) is 0. The molecule has 2 aromatic carbocycles. The van der Waals surface area contributed by atoms with Gasteiger partial charge in [0.15, 0.2) is 0 Å². The van der Waals surface area contributed by atoms with Crippen LogP contribution in [-0.2, 0) is 9.59 Å². The van der Waals surface area contributed by atoms with Crippen LogP contribution in [0.25, 0.3) is 0 Å². The van der Waals surface area contributed by atoms with Gasteiger partial charge in [-0.05, 0) is 24.3 Å². The average Bonchev–Trinajstić information content (AvgIpc) is 2.49. The summed E-state index contributed by atoms with van der Waals surface area (Å²) in [7, 11) is 1.52. The van der Waals surface area contributed by atoms with Crippen LogP contribution in [0.3, 0.4) is 0 Å². The van der Waals surface area contributed by atoms with Gasteiger partial charge in [0.2, 0.25) is 0 Å². The summed E-state index contributed by atoms with van der Waals surface area (Å²) in [5.74, 6) is -1.60. The van der Waals surface area contributed by atoms with Crippen molar-refractivity contribution >= 4 is 23.2 Å². The lowest BCUT2D eigenvalue weighted by Crippen LogP contribution is -2.37. The zero-order valence-corrected chi connectivity index (χ0v) is 10.9. The van der Waals surface area contributed by atoms with Crippen LogP contribution < -0.4 is 10.2 Å². The van der Waals surface area contributed by atoms with Gasteiger partial charge in [-0.1, -0.05) is 30.3 Å². The molecule has 102 valence electrons. The summed E-state index contributed by atoms with van der Waals surface area (Å²) in [6, 6.07) is 15.1. The van der Waals surface area contributed by atoms with E-state index in [1.54, 1.807) is 36.4 Å². The Labute approximate surface area is 116 Å².